The van der Waals surface area contributed by atoms with Gasteiger partial charge in [0.15, 0.2) is 0 Å². The lowest BCUT2D eigenvalue weighted by atomic mass is 10.1. The molecule has 0 aliphatic rings. The van der Waals surface area contributed by atoms with Crippen LogP contribution in [0, 0.1) is 0 Å². The van der Waals surface area contributed by atoms with Crippen molar-refractivity contribution in [2.75, 3.05) is 6.61 Å². The SMILES string of the molecule is CCCCCCCCCCCC=CC=CC(O)C(N)CO. The van der Waals surface area contributed by atoms with Gasteiger partial charge in [0.2, 0.25) is 0 Å². The van der Waals surface area contributed by atoms with Crippen LogP contribution in [0.4, 0.5) is 0 Å². The van der Waals surface area contributed by atoms with E-state index in [-0.39, 0.29) is 6.61 Å². The maximum absolute atomic E-state index is 9.49. The van der Waals surface area contributed by atoms with E-state index in [2.05, 4.69) is 13.0 Å². The predicted octanol–water partition coefficient (Wildman–Crippen LogP) is 3.70. The highest BCUT2D eigenvalue weighted by atomic mass is 16.3. The highest BCUT2D eigenvalue weighted by Gasteiger charge is 2.08. The van der Waals surface area contributed by atoms with Crippen molar-refractivity contribution in [1.82, 2.24) is 0 Å². The van der Waals surface area contributed by atoms with Gasteiger partial charge in [0, 0.05) is 0 Å². The Bertz CT molecular complexity index is 264. The number of aliphatic hydroxyl groups excluding tert-OH is 2. The van der Waals surface area contributed by atoms with E-state index in [4.69, 9.17) is 10.8 Å². The van der Waals surface area contributed by atoms with Gasteiger partial charge in [-0.25, -0.2) is 0 Å². The quantitative estimate of drug-likeness (QED) is 0.338. The number of rotatable bonds is 14. The Hall–Kier alpha value is -0.640. The van der Waals surface area contributed by atoms with Gasteiger partial charge in [-0.05, 0) is 12.8 Å². The van der Waals surface area contributed by atoms with Crippen LogP contribution in [0.2, 0.25) is 0 Å². The zero-order valence-corrected chi connectivity index (χ0v) is 13.7. The minimum absolute atomic E-state index is 0.201. The molecule has 0 aromatic rings. The fourth-order valence-electron chi connectivity index (χ4n) is 2.18. The van der Waals surface area contributed by atoms with Crippen molar-refractivity contribution in [2.45, 2.75) is 83.3 Å². The topological polar surface area (TPSA) is 66.5 Å². The van der Waals surface area contributed by atoms with E-state index in [0.717, 1.165) is 6.42 Å². The highest BCUT2D eigenvalue weighted by molar-refractivity contribution is 5.06. The van der Waals surface area contributed by atoms with Crippen molar-refractivity contribution >= 4 is 0 Å². The van der Waals surface area contributed by atoms with Crippen LogP contribution in [0.25, 0.3) is 0 Å². The molecule has 124 valence electrons. The van der Waals surface area contributed by atoms with Crippen LogP contribution >= 0.6 is 0 Å². The second kappa shape index (κ2) is 15.7. The lowest BCUT2D eigenvalue weighted by Gasteiger charge is -2.11. The zero-order valence-electron chi connectivity index (χ0n) is 13.7. The molecule has 0 amide bonds. The molecule has 2 unspecified atom stereocenters. The van der Waals surface area contributed by atoms with Crippen LogP contribution in [0.1, 0.15) is 71.1 Å². The van der Waals surface area contributed by atoms with Gasteiger partial charge in [0.05, 0.1) is 18.8 Å². The molecular formula is C18H35NO2. The molecular weight excluding hydrogens is 262 g/mol. The predicted molar refractivity (Wildman–Crippen MR) is 91.2 cm³/mol. The molecule has 0 aromatic heterocycles. The first-order valence-electron chi connectivity index (χ1n) is 8.60. The molecule has 3 nitrogen and oxygen atoms in total. The number of hydrogen-bond acceptors (Lipinski definition) is 3. The first kappa shape index (κ1) is 20.4. The molecule has 0 spiro atoms. The van der Waals surface area contributed by atoms with Crippen LogP contribution in [-0.4, -0.2) is 29.0 Å². The average Bonchev–Trinajstić information content (AvgIpc) is 2.50. The van der Waals surface area contributed by atoms with Gasteiger partial charge in [-0.1, -0.05) is 82.6 Å². The zero-order chi connectivity index (χ0) is 15.8. The third-order valence-corrected chi connectivity index (χ3v) is 3.68. The normalized spacial score (nSPS) is 15.0. The molecule has 4 N–H and O–H groups in total. The summed E-state index contributed by atoms with van der Waals surface area (Å²) >= 11 is 0. The van der Waals surface area contributed by atoms with Crippen molar-refractivity contribution in [2.24, 2.45) is 5.73 Å². The van der Waals surface area contributed by atoms with Crippen LogP contribution < -0.4 is 5.73 Å². The fourth-order valence-corrected chi connectivity index (χ4v) is 2.18. The monoisotopic (exact) mass is 297 g/mol. The number of hydrogen-bond donors (Lipinski definition) is 3. The lowest BCUT2D eigenvalue weighted by molar-refractivity contribution is 0.144. The van der Waals surface area contributed by atoms with Gasteiger partial charge < -0.3 is 15.9 Å². The Morgan fingerprint density at radius 2 is 1.48 bits per heavy atom. The van der Waals surface area contributed by atoms with E-state index in [9.17, 15) is 5.11 Å². The van der Waals surface area contributed by atoms with Crippen LogP contribution in [0.15, 0.2) is 24.3 Å². The first-order valence-corrected chi connectivity index (χ1v) is 8.60. The summed E-state index contributed by atoms with van der Waals surface area (Å²) in [5.74, 6) is 0. The molecule has 0 heterocycles. The number of nitrogens with two attached hydrogens (primary N) is 1. The van der Waals surface area contributed by atoms with Crippen molar-refractivity contribution in [1.29, 1.82) is 0 Å². The molecule has 0 aromatic carbocycles. The minimum Gasteiger partial charge on any atom is -0.395 e. The Morgan fingerprint density at radius 1 is 0.905 bits per heavy atom. The van der Waals surface area contributed by atoms with E-state index in [1.165, 1.54) is 57.8 Å². The molecule has 0 rings (SSSR count). The summed E-state index contributed by atoms with van der Waals surface area (Å²) in [6.07, 6.45) is 20.0. The summed E-state index contributed by atoms with van der Waals surface area (Å²) in [5.41, 5.74) is 5.49. The van der Waals surface area contributed by atoms with Gasteiger partial charge in [-0.2, -0.15) is 0 Å². The Labute approximate surface area is 130 Å². The van der Waals surface area contributed by atoms with Crippen molar-refractivity contribution < 1.29 is 10.2 Å². The third-order valence-electron chi connectivity index (χ3n) is 3.68. The maximum atomic E-state index is 9.49. The number of aliphatic hydroxyl groups is 2. The smallest absolute Gasteiger partial charge is 0.0897 e. The summed E-state index contributed by atoms with van der Waals surface area (Å²) in [4.78, 5) is 0. The summed E-state index contributed by atoms with van der Waals surface area (Å²) in [7, 11) is 0. The van der Waals surface area contributed by atoms with Gasteiger partial charge >= 0.3 is 0 Å². The molecule has 0 bridgehead atoms. The van der Waals surface area contributed by atoms with Gasteiger partial charge in [-0.3, -0.25) is 0 Å². The molecule has 0 saturated heterocycles. The second-order valence-corrected chi connectivity index (χ2v) is 5.77. The Kier molecular flexibility index (Phi) is 15.3. The van der Waals surface area contributed by atoms with Gasteiger partial charge in [0.1, 0.15) is 0 Å². The van der Waals surface area contributed by atoms with E-state index >= 15 is 0 Å². The van der Waals surface area contributed by atoms with Gasteiger partial charge in [-0.15, -0.1) is 0 Å². The molecule has 0 saturated carbocycles. The maximum Gasteiger partial charge on any atom is 0.0897 e. The number of allylic oxidation sites excluding steroid dienone is 3. The molecule has 2 atom stereocenters. The summed E-state index contributed by atoms with van der Waals surface area (Å²) in [6, 6.07) is -0.591. The third kappa shape index (κ3) is 14.1. The summed E-state index contributed by atoms with van der Waals surface area (Å²) in [5, 5.41) is 18.3. The van der Waals surface area contributed by atoms with Crippen molar-refractivity contribution in [3.05, 3.63) is 24.3 Å². The van der Waals surface area contributed by atoms with E-state index in [1.54, 1.807) is 12.2 Å². The van der Waals surface area contributed by atoms with E-state index in [1.807, 2.05) is 6.08 Å². The molecule has 3 heteroatoms. The summed E-state index contributed by atoms with van der Waals surface area (Å²) < 4.78 is 0. The lowest BCUT2D eigenvalue weighted by Crippen LogP contribution is -2.36. The Morgan fingerprint density at radius 3 is 2.05 bits per heavy atom. The molecule has 0 fully saturated rings. The highest BCUT2D eigenvalue weighted by Crippen LogP contribution is 2.10. The largest absolute Gasteiger partial charge is 0.395 e. The molecule has 0 aliphatic carbocycles. The first-order chi connectivity index (χ1) is 10.2. The Balaban J connectivity index is 3.34. The number of unbranched alkanes of at least 4 members (excludes halogenated alkanes) is 9. The second-order valence-electron chi connectivity index (χ2n) is 5.77. The van der Waals surface area contributed by atoms with Crippen LogP contribution in [-0.2, 0) is 0 Å². The standard InChI is InChI=1S/C18H35NO2/c1-2-3-4-5-6-7-8-9-10-11-12-13-14-15-18(21)17(19)16-20/h12-15,17-18,20-21H,2-11,16,19H2,1H3. The molecule has 21 heavy (non-hydrogen) atoms. The molecule has 0 radical (unpaired) electrons. The van der Waals surface area contributed by atoms with Crippen LogP contribution in [0.3, 0.4) is 0 Å². The van der Waals surface area contributed by atoms with Crippen molar-refractivity contribution in [3.63, 3.8) is 0 Å². The van der Waals surface area contributed by atoms with Gasteiger partial charge in [0.25, 0.3) is 0 Å². The summed E-state index contributed by atoms with van der Waals surface area (Å²) in [6.45, 7) is 2.05. The molecule has 0 aliphatic heterocycles. The van der Waals surface area contributed by atoms with Crippen LogP contribution in [0.5, 0.6) is 0 Å². The fraction of sp³-hybridized carbons (Fsp3) is 0.778. The average molecular weight is 297 g/mol. The van der Waals surface area contributed by atoms with E-state index in [0.29, 0.717) is 0 Å². The van der Waals surface area contributed by atoms with Crippen molar-refractivity contribution in [3.8, 4) is 0 Å². The van der Waals surface area contributed by atoms with E-state index < -0.39 is 12.1 Å². The minimum atomic E-state index is -0.771.